The molecular formula is C15H16N2O2S. The zero-order chi connectivity index (χ0) is 13.9. The van der Waals surface area contributed by atoms with Crippen LogP contribution in [-0.4, -0.2) is 21.7 Å². The number of thiazole rings is 1. The number of nitrogens with zero attached hydrogens (tertiary/aromatic N) is 2. The van der Waals surface area contributed by atoms with E-state index >= 15 is 0 Å². The summed E-state index contributed by atoms with van der Waals surface area (Å²) >= 11 is 1.26. The molecule has 0 atom stereocenters. The van der Waals surface area contributed by atoms with Crippen molar-refractivity contribution in [3.63, 3.8) is 0 Å². The quantitative estimate of drug-likeness (QED) is 0.868. The first-order valence-corrected chi connectivity index (χ1v) is 7.56. The van der Waals surface area contributed by atoms with E-state index < -0.39 is 0 Å². The van der Waals surface area contributed by atoms with Gasteiger partial charge in [-0.1, -0.05) is 11.3 Å². The monoisotopic (exact) mass is 288 g/mol. The van der Waals surface area contributed by atoms with Crippen LogP contribution in [0.2, 0.25) is 0 Å². The Hall–Kier alpha value is -1.88. The van der Waals surface area contributed by atoms with Crippen LogP contribution in [0.5, 0.6) is 5.06 Å². The maximum atomic E-state index is 10.2. The summed E-state index contributed by atoms with van der Waals surface area (Å²) in [5.41, 5.74) is 2.74. The first kappa shape index (κ1) is 13.1. The number of ether oxygens (including phenoxy) is 1. The first-order chi connectivity index (χ1) is 9.79. The van der Waals surface area contributed by atoms with E-state index in [1.165, 1.54) is 23.3 Å². The van der Waals surface area contributed by atoms with Gasteiger partial charge in [-0.25, -0.2) is 4.98 Å². The fourth-order valence-electron chi connectivity index (χ4n) is 2.14. The van der Waals surface area contributed by atoms with E-state index in [-0.39, 0.29) is 5.06 Å². The Morgan fingerprint density at radius 1 is 1.45 bits per heavy atom. The second-order valence-electron chi connectivity index (χ2n) is 4.63. The van der Waals surface area contributed by atoms with Crippen molar-refractivity contribution < 1.29 is 9.84 Å². The second-order valence-corrected chi connectivity index (χ2v) is 5.61. The molecule has 104 valence electrons. The third kappa shape index (κ3) is 2.41. The minimum Gasteiger partial charge on any atom is -0.498 e. The summed E-state index contributed by atoms with van der Waals surface area (Å²) in [6.07, 6.45) is 6.73. The van der Waals surface area contributed by atoms with Gasteiger partial charge in [0.25, 0.3) is 0 Å². The predicted molar refractivity (Wildman–Crippen MR) is 79.4 cm³/mol. The number of pyridine rings is 1. The van der Waals surface area contributed by atoms with Crippen molar-refractivity contribution in [2.45, 2.75) is 26.2 Å². The van der Waals surface area contributed by atoms with Crippen LogP contribution in [0.15, 0.2) is 30.1 Å². The zero-order valence-corrected chi connectivity index (χ0v) is 12.1. The topological polar surface area (TPSA) is 55.2 Å². The van der Waals surface area contributed by atoms with Gasteiger partial charge in [-0.05, 0) is 43.9 Å². The Kier molecular flexibility index (Phi) is 3.69. The van der Waals surface area contributed by atoms with E-state index in [0.717, 1.165) is 29.2 Å². The largest absolute Gasteiger partial charge is 0.498 e. The average Bonchev–Trinajstić information content (AvgIpc) is 2.79. The van der Waals surface area contributed by atoms with Crippen molar-refractivity contribution in [3.05, 3.63) is 35.8 Å². The fraction of sp³-hybridized carbons (Fsp3) is 0.333. The molecule has 0 aliphatic heterocycles. The molecule has 2 aromatic rings. The molecule has 1 saturated carbocycles. The lowest BCUT2D eigenvalue weighted by molar-refractivity contribution is 0.287. The normalized spacial score (nSPS) is 13.9. The molecule has 0 radical (unpaired) electrons. The van der Waals surface area contributed by atoms with Gasteiger partial charge in [0.15, 0.2) is 5.69 Å². The van der Waals surface area contributed by atoms with Gasteiger partial charge in [0.1, 0.15) is 10.8 Å². The van der Waals surface area contributed by atoms with Crippen LogP contribution in [-0.2, 0) is 4.74 Å². The van der Waals surface area contributed by atoms with Crippen LogP contribution in [0.4, 0.5) is 0 Å². The molecule has 20 heavy (non-hydrogen) atoms. The molecule has 1 N–H and O–H groups in total. The summed E-state index contributed by atoms with van der Waals surface area (Å²) in [6, 6.07) is 3.80. The molecule has 1 aliphatic rings. The van der Waals surface area contributed by atoms with E-state index in [2.05, 4.69) is 9.97 Å². The van der Waals surface area contributed by atoms with Gasteiger partial charge in [0, 0.05) is 18.0 Å². The predicted octanol–water partition coefficient (Wildman–Crippen LogP) is 3.84. The van der Waals surface area contributed by atoms with Gasteiger partial charge in [-0.2, -0.15) is 0 Å². The highest BCUT2D eigenvalue weighted by atomic mass is 32.1. The van der Waals surface area contributed by atoms with Crippen LogP contribution in [0.1, 0.15) is 31.9 Å². The van der Waals surface area contributed by atoms with E-state index in [1.54, 1.807) is 12.4 Å². The average molecular weight is 288 g/mol. The maximum absolute atomic E-state index is 10.2. The SMILES string of the molecule is CCOC(=C1CCC1)c1nc(-c2cccnc2)sc1O. The molecule has 0 spiro atoms. The molecule has 1 aliphatic carbocycles. The second kappa shape index (κ2) is 5.63. The van der Waals surface area contributed by atoms with E-state index in [4.69, 9.17) is 4.74 Å². The fourth-order valence-corrected chi connectivity index (χ4v) is 2.93. The summed E-state index contributed by atoms with van der Waals surface area (Å²) in [5, 5.41) is 11.2. The zero-order valence-electron chi connectivity index (χ0n) is 11.3. The van der Waals surface area contributed by atoms with Gasteiger partial charge in [-0.15, -0.1) is 0 Å². The third-order valence-corrected chi connectivity index (χ3v) is 4.21. The Bertz CT molecular complexity index is 629. The van der Waals surface area contributed by atoms with Crippen molar-refractivity contribution in [1.29, 1.82) is 0 Å². The molecule has 2 aromatic heterocycles. The molecule has 0 bridgehead atoms. The van der Waals surface area contributed by atoms with Crippen LogP contribution in [0, 0.1) is 0 Å². The Balaban J connectivity index is 2.00. The molecule has 0 unspecified atom stereocenters. The molecular weight excluding hydrogens is 272 g/mol. The minimum atomic E-state index is 0.215. The van der Waals surface area contributed by atoms with E-state index in [1.807, 2.05) is 19.1 Å². The maximum Gasteiger partial charge on any atom is 0.203 e. The summed E-state index contributed by atoms with van der Waals surface area (Å²) in [5.74, 6) is 0.766. The molecule has 5 heteroatoms. The van der Waals surface area contributed by atoms with Crippen LogP contribution in [0.3, 0.4) is 0 Å². The van der Waals surface area contributed by atoms with Crippen LogP contribution >= 0.6 is 11.3 Å². The summed E-state index contributed by atoms with van der Waals surface area (Å²) in [4.78, 5) is 8.63. The molecule has 0 saturated heterocycles. The van der Waals surface area contributed by atoms with E-state index in [9.17, 15) is 5.11 Å². The van der Waals surface area contributed by atoms with Gasteiger partial charge in [-0.3, -0.25) is 4.98 Å². The number of hydrogen-bond donors (Lipinski definition) is 1. The number of aromatic nitrogens is 2. The van der Waals surface area contributed by atoms with Crippen LogP contribution in [0.25, 0.3) is 16.3 Å². The highest BCUT2D eigenvalue weighted by Crippen LogP contribution is 2.41. The van der Waals surface area contributed by atoms with Gasteiger partial charge >= 0.3 is 0 Å². The molecule has 4 nitrogen and oxygen atoms in total. The Labute approximate surface area is 121 Å². The molecule has 3 rings (SSSR count). The Morgan fingerprint density at radius 3 is 2.90 bits per heavy atom. The molecule has 0 amide bonds. The number of hydrogen-bond acceptors (Lipinski definition) is 5. The minimum absolute atomic E-state index is 0.215. The standard InChI is InChI=1S/C15H16N2O2S/c1-2-19-13(10-5-3-6-10)12-15(18)20-14(17-12)11-7-4-8-16-9-11/h4,7-9,18H,2-3,5-6H2,1H3. The molecule has 0 aromatic carbocycles. The lowest BCUT2D eigenvalue weighted by Gasteiger charge is -2.20. The van der Waals surface area contributed by atoms with Crippen molar-refractivity contribution in [2.24, 2.45) is 0 Å². The highest BCUT2D eigenvalue weighted by Gasteiger charge is 2.23. The first-order valence-electron chi connectivity index (χ1n) is 6.75. The number of allylic oxidation sites excluding steroid dienone is 1. The number of aromatic hydroxyl groups is 1. The Morgan fingerprint density at radius 2 is 2.30 bits per heavy atom. The lowest BCUT2D eigenvalue weighted by Crippen LogP contribution is -2.05. The highest BCUT2D eigenvalue weighted by molar-refractivity contribution is 7.17. The van der Waals surface area contributed by atoms with Crippen molar-refractivity contribution in [1.82, 2.24) is 9.97 Å². The van der Waals surface area contributed by atoms with Crippen molar-refractivity contribution in [2.75, 3.05) is 6.61 Å². The summed E-state index contributed by atoms with van der Waals surface area (Å²) < 4.78 is 5.71. The van der Waals surface area contributed by atoms with Crippen LogP contribution < -0.4 is 0 Å². The summed E-state index contributed by atoms with van der Waals surface area (Å²) in [6.45, 7) is 2.53. The van der Waals surface area contributed by atoms with Crippen molar-refractivity contribution >= 4 is 17.1 Å². The number of rotatable bonds is 4. The van der Waals surface area contributed by atoms with Gasteiger partial charge in [0.05, 0.1) is 6.61 Å². The van der Waals surface area contributed by atoms with Crippen molar-refractivity contribution in [3.8, 4) is 15.6 Å². The van der Waals surface area contributed by atoms with E-state index in [0.29, 0.717) is 12.3 Å². The molecule has 1 fully saturated rings. The third-order valence-electron chi connectivity index (χ3n) is 3.30. The summed E-state index contributed by atoms with van der Waals surface area (Å²) in [7, 11) is 0. The lowest BCUT2D eigenvalue weighted by atomic mass is 9.90. The van der Waals surface area contributed by atoms with Gasteiger partial charge in [0.2, 0.25) is 5.06 Å². The molecule has 2 heterocycles. The smallest absolute Gasteiger partial charge is 0.203 e. The van der Waals surface area contributed by atoms with Gasteiger partial charge < -0.3 is 9.84 Å².